The fraction of sp³-hybridized carbons (Fsp3) is 0.435. The minimum atomic E-state index is -1.20. The van der Waals surface area contributed by atoms with Gasteiger partial charge >= 0.3 is 5.97 Å². The Morgan fingerprint density at radius 1 is 1.03 bits per heavy atom. The number of hydrogen-bond donors (Lipinski definition) is 1. The second-order valence-electron chi connectivity index (χ2n) is 7.15. The van der Waals surface area contributed by atoms with Crippen LogP contribution in [0.5, 0.6) is 5.75 Å². The summed E-state index contributed by atoms with van der Waals surface area (Å²) < 4.78 is 27.9. The molecule has 0 amide bonds. The molecule has 0 spiro atoms. The molecule has 0 bridgehead atoms. The Hall–Kier alpha value is -2.45. The Labute approximate surface area is 176 Å². The first-order valence-corrected chi connectivity index (χ1v) is 9.92. The summed E-state index contributed by atoms with van der Waals surface area (Å²) in [5.74, 6) is 0.366. The van der Waals surface area contributed by atoms with Crippen molar-refractivity contribution in [2.24, 2.45) is 0 Å². The van der Waals surface area contributed by atoms with Gasteiger partial charge in [-0.1, -0.05) is 42.5 Å². The lowest BCUT2D eigenvalue weighted by atomic mass is 10.0. The first-order valence-electron chi connectivity index (χ1n) is 9.92. The van der Waals surface area contributed by atoms with E-state index in [-0.39, 0.29) is 13.2 Å². The maximum Gasteiger partial charge on any atom is 0.302 e. The predicted octanol–water partition coefficient (Wildman–Crippen LogP) is 2.84. The summed E-state index contributed by atoms with van der Waals surface area (Å²) in [5, 5.41) is 10.5. The van der Waals surface area contributed by atoms with Crippen LogP contribution in [0.1, 0.15) is 24.5 Å². The number of methoxy groups -OCH3 is 1. The van der Waals surface area contributed by atoms with Gasteiger partial charge in [0.1, 0.15) is 18.5 Å². The lowest BCUT2D eigenvalue weighted by molar-refractivity contribution is -0.276. The van der Waals surface area contributed by atoms with Gasteiger partial charge in [0.15, 0.2) is 6.29 Å². The third-order valence-corrected chi connectivity index (χ3v) is 4.86. The minimum absolute atomic E-state index is 0.0583. The number of carbonyl (C=O) groups excluding carboxylic acids is 1. The van der Waals surface area contributed by atoms with Gasteiger partial charge in [0.2, 0.25) is 0 Å². The molecule has 1 saturated heterocycles. The predicted molar refractivity (Wildman–Crippen MR) is 109 cm³/mol. The highest BCUT2D eigenvalue weighted by atomic mass is 16.7. The van der Waals surface area contributed by atoms with Gasteiger partial charge in [-0.2, -0.15) is 0 Å². The van der Waals surface area contributed by atoms with Crippen molar-refractivity contribution in [1.29, 1.82) is 0 Å². The van der Waals surface area contributed by atoms with Crippen molar-refractivity contribution in [2.45, 2.75) is 51.2 Å². The van der Waals surface area contributed by atoms with E-state index in [1.54, 1.807) is 7.11 Å². The summed E-state index contributed by atoms with van der Waals surface area (Å²) in [6.45, 7) is 2.06. The molecule has 3 unspecified atom stereocenters. The van der Waals surface area contributed by atoms with Gasteiger partial charge in [-0.05, 0) is 23.3 Å². The van der Waals surface area contributed by atoms with E-state index in [0.717, 1.165) is 16.9 Å². The van der Waals surface area contributed by atoms with Gasteiger partial charge < -0.3 is 28.8 Å². The van der Waals surface area contributed by atoms with E-state index < -0.39 is 30.6 Å². The van der Waals surface area contributed by atoms with E-state index in [1.807, 2.05) is 54.6 Å². The number of carbonyl (C=O) groups is 1. The number of rotatable bonds is 9. The van der Waals surface area contributed by atoms with Crippen molar-refractivity contribution in [2.75, 3.05) is 13.7 Å². The van der Waals surface area contributed by atoms with Crippen LogP contribution in [0.2, 0.25) is 0 Å². The number of esters is 1. The largest absolute Gasteiger partial charge is 0.497 e. The Balaban J connectivity index is 1.64. The summed E-state index contributed by atoms with van der Waals surface area (Å²) in [6.07, 6.45) is -2.33. The van der Waals surface area contributed by atoms with E-state index in [9.17, 15) is 9.90 Å². The van der Waals surface area contributed by atoms with Crippen LogP contribution in [0.15, 0.2) is 54.6 Å². The van der Waals surface area contributed by atoms with Gasteiger partial charge in [0.25, 0.3) is 0 Å². The van der Waals surface area contributed by atoms with Crippen LogP contribution in [0, 0.1) is 0 Å². The van der Waals surface area contributed by atoms with E-state index in [0.29, 0.717) is 13.0 Å². The Kier molecular flexibility index (Phi) is 8.21. The summed E-state index contributed by atoms with van der Waals surface area (Å²) in [4.78, 5) is 11.1. The highest BCUT2D eigenvalue weighted by Gasteiger charge is 2.40. The molecule has 162 valence electrons. The normalized spacial score (nSPS) is 23.7. The Bertz CT molecular complexity index is 778. The molecule has 4 atom stereocenters. The Morgan fingerprint density at radius 2 is 1.70 bits per heavy atom. The topological polar surface area (TPSA) is 83.5 Å². The summed E-state index contributed by atoms with van der Waals surface area (Å²) in [6, 6.07) is 17.3. The van der Waals surface area contributed by atoms with Crippen LogP contribution in [0.25, 0.3) is 0 Å². The average molecular weight is 416 g/mol. The third kappa shape index (κ3) is 6.53. The van der Waals surface area contributed by atoms with Crippen molar-refractivity contribution < 1.29 is 33.6 Å². The molecule has 1 aliphatic rings. The molecule has 0 saturated carbocycles. The zero-order valence-electron chi connectivity index (χ0n) is 17.2. The highest BCUT2D eigenvalue weighted by molar-refractivity contribution is 5.65. The molecule has 7 nitrogen and oxygen atoms in total. The highest BCUT2D eigenvalue weighted by Crippen LogP contribution is 2.26. The van der Waals surface area contributed by atoms with Gasteiger partial charge in [-0.3, -0.25) is 4.79 Å². The third-order valence-electron chi connectivity index (χ3n) is 4.86. The van der Waals surface area contributed by atoms with Crippen molar-refractivity contribution in [3.63, 3.8) is 0 Å². The van der Waals surface area contributed by atoms with E-state index in [1.165, 1.54) is 6.92 Å². The van der Waals surface area contributed by atoms with Crippen molar-refractivity contribution in [3.05, 3.63) is 65.7 Å². The minimum Gasteiger partial charge on any atom is -0.497 e. The Morgan fingerprint density at radius 3 is 2.37 bits per heavy atom. The van der Waals surface area contributed by atoms with Crippen molar-refractivity contribution in [1.82, 2.24) is 0 Å². The fourth-order valence-electron chi connectivity index (χ4n) is 3.27. The molecule has 0 radical (unpaired) electrons. The number of ether oxygens (including phenoxy) is 5. The van der Waals surface area contributed by atoms with E-state index in [4.69, 9.17) is 23.7 Å². The second-order valence-corrected chi connectivity index (χ2v) is 7.15. The second kappa shape index (κ2) is 11.1. The van der Waals surface area contributed by atoms with Gasteiger partial charge in [0, 0.05) is 13.3 Å². The maximum absolute atomic E-state index is 11.1. The smallest absolute Gasteiger partial charge is 0.302 e. The van der Waals surface area contributed by atoms with E-state index in [2.05, 4.69) is 0 Å². The molecule has 1 aliphatic heterocycles. The van der Waals surface area contributed by atoms with Gasteiger partial charge in [0.05, 0.1) is 32.5 Å². The average Bonchev–Trinajstić information content (AvgIpc) is 2.76. The van der Waals surface area contributed by atoms with Crippen LogP contribution in [0.3, 0.4) is 0 Å². The zero-order chi connectivity index (χ0) is 21.3. The van der Waals surface area contributed by atoms with Gasteiger partial charge in [-0.25, -0.2) is 0 Å². The van der Waals surface area contributed by atoms with Crippen LogP contribution >= 0.6 is 0 Å². The summed E-state index contributed by atoms with van der Waals surface area (Å²) in [5.41, 5.74) is 1.95. The number of hydrogen-bond acceptors (Lipinski definition) is 7. The number of aliphatic hydroxyl groups excluding tert-OH is 1. The molecule has 1 N–H and O–H groups in total. The number of aliphatic hydroxyl groups is 1. The fourth-order valence-corrected chi connectivity index (χ4v) is 3.27. The first kappa shape index (κ1) is 22.2. The summed E-state index contributed by atoms with van der Waals surface area (Å²) >= 11 is 0. The van der Waals surface area contributed by atoms with E-state index >= 15 is 0 Å². The molecular formula is C23H28O7. The molecule has 7 heteroatoms. The van der Waals surface area contributed by atoms with Crippen molar-refractivity contribution >= 4 is 5.97 Å². The van der Waals surface area contributed by atoms with Crippen LogP contribution in [0.4, 0.5) is 0 Å². The van der Waals surface area contributed by atoms with Gasteiger partial charge in [-0.15, -0.1) is 0 Å². The molecule has 2 aromatic rings. The number of benzene rings is 2. The molecule has 2 aromatic carbocycles. The van der Waals surface area contributed by atoms with Crippen LogP contribution in [-0.4, -0.2) is 49.4 Å². The summed E-state index contributed by atoms with van der Waals surface area (Å²) in [7, 11) is 1.61. The monoisotopic (exact) mass is 416 g/mol. The molecule has 1 heterocycles. The quantitative estimate of drug-likeness (QED) is 0.630. The molecule has 1 fully saturated rings. The zero-order valence-corrected chi connectivity index (χ0v) is 17.2. The lowest BCUT2D eigenvalue weighted by Gasteiger charge is -2.39. The lowest BCUT2D eigenvalue weighted by Crippen LogP contribution is -2.51. The molecule has 3 rings (SSSR count). The molecular weight excluding hydrogens is 388 g/mol. The van der Waals surface area contributed by atoms with Crippen molar-refractivity contribution in [3.8, 4) is 5.75 Å². The molecule has 30 heavy (non-hydrogen) atoms. The van der Waals surface area contributed by atoms with Crippen LogP contribution < -0.4 is 4.74 Å². The first-order chi connectivity index (χ1) is 14.5. The molecule has 0 aromatic heterocycles. The standard InChI is InChI=1S/C23H28O7/c1-16(24)27-15-20-12-21(28-13-17-6-4-3-5-7-17)22(23(25)30-20)29-14-18-8-10-19(26-2)11-9-18/h3-11,20-23,25H,12-15H2,1-2H3/t20?,21-,22?,23?/m1/s1. The SMILES string of the molecule is COc1ccc(COC2C(O)OC(COC(C)=O)C[C@H]2OCc2ccccc2)cc1. The maximum atomic E-state index is 11.1. The van der Waals surface area contributed by atoms with Crippen LogP contribution in [-0.2, 0) is 37.0 Å². The molecule has 0 aliphatic carbocycles.